The zero-order valence-corrected chi connectivity index (χ0v) is 6.65. The Bertz CT molecular complexity index is 289. The summed E-state index contributed by atoms with van der Waals surface area (Å²) in [5, 5.41) is 9.10. The molecule has 0 spiro atoms. The monoisotopic (exact) mass is 166 g/mol. The van der Waals surface area contributed by atoms with Gasteiger partial charge in [0.2, 0.25) is 0 Å². The molecule has 0 fully saturated rings. The second-order valence-corrected chi connectivity index (χ2v) is 3.39. The van der Waals surface area contributed by atoms with Gasteiger partial charge in [-0.25, -0.2) is 4.98 Å². The van der Waals surface area contributed by atoms with Crippen molar-refractivity contribution in [2.45, 2.75) is 13.0 Å². The summed E-state index contributed by atoms with van der Waals surface area (Å²) in [6.45, 7) is 1.37. The molecule has 0 aromatic carbocycles. The topological polar surface area (TPSA) is 45.9 Å². The van der Waals surface area contributed by atoms with Gasteiger partial charge in [0.15, 0.2) is 5.01 Å². The van der Waals surface area contributed by atoms with Crippen LogP contribution in [0.25, 0.3) is 0 Å². The third kappa shape index (κ3) is 1.13. The molecule has 0 bridgehead atoms. The highest BCUT2D eigenvalue weighted by atomic mass is 32.1. The van der Waals surface area contributed by atoms with Crippen LogP contribution in [0.3, 0.4) is 0 Å². The largest absolute Gasteiger partial charge is 0.375 e. The average Bonchev–Trinajstić information content (AvgIpc) is 2.46. The van der Waals surface area contributed by atoms with Crippen molar-refractivity contribution >= 4 is 11.3 Å². The SMILES string of the molecule is N#Cc1nc2c(s1)COCC2. The van der Waals surface area contributed by atoms with Gasteiger partial charge in [0.05, 0.1) is 23.8 Å². The molecule has 1 aromatic rings. The quantitative estimate of drug-likeness (QED) is 0.579. The van der Waals surface area contributed by atoms with E-state index in [1.54, 1.807) is 0 Å². The Morgan fingerprint density at radius 3 is 3.27 bits per heavy atom. The first-order chi connectivity index (χ1) is 5.40. The standard InChI is InChI=1S/C7H6N2OS/c8-3-7-9-5-1-2-10-4-6(5)11-7/h1-2,4H2. The van der Waals surface area contributed by atoms with E-state index in [0.29, 0.717) is 11.6 Å². The molecule has 2 heterocycles. The third-order valence-corrected chi connectivity index (χ3v) is 2.57. The normalized spacial score (nSPS) is 15.5. The first-order valence-electron chi connectivity index (χ1n) is 3.36. The minimum atomic E-state index is 0.556. The molecule has 1 aliphatic heterocycles. The summed E-state index contributed by atoms with van der Waals surface area (Å²) in [6.07, 6.45) is 0.855. The number of hydrogen-bond acceptors (Lipinski definition) is 4. The van der Waals surface area contributed by atoms with Gasteiger partial charge in [-0.1, -0.05) is 0 Å². The Kier molecular flexibility index (Phi) is 1.60. The summed E-state index contributed by atoms with van der Waals surface area (Å²) in [4.78, 5) is 5.26. The van der Waals surface area contributed by atoms with Gasteiger partial charge >= 0.3 is 0 Å². The van der Waals surface area contributed by atoms with Crippen molar-refractivity contribution in [2.75, 3.05) is 6.61 Å². The maximum atomic E-state index is 8.54. The zero-order chi connectivity index (χ0) is 7.68. The first-order valence-corrected chi connectivity index (χ1v) is 4.18. The number of rotatable bonds is 0. The highest BCUT2D eigenvalue weighted by Gasteiger charge is 2.14. The lowest BCUT2D eigenvalue weighted by Crippen LogP contribution is -2.07. The van der Waals surface area contributed by atoms with Gasteiger partial charge in [0.1, 0.15) is 6.07 Å². The molecule has 56 valence electrons. The van der Waals surface area contributed by atoms with Crippen LogP contribution < -0.4 is 0 Å². The molecular formula is C7H6N2OS. The van der Waals surface area contributed by atoms with Crippen LogP contribution in [-0.2, 0) is 17.8 Å². The van der Waals surface area contributed by atoms with Crippen LogP contribution in [0.4, 0.5) is 0 Å². The fraction of sp³-hybridized carbons (Fsp3) is 0.429. The number of nitrogens with zero attached hydrogens (tertiary/aromatic N) is 2. The Morgan fingerprint density at radius 2 is 2.55 bits per heavy atom. The number of fused-ring (bicyclic) bond motifs is 1. The maximum absolute atomic E-state index is 8.54. The molecule has 1 aliphatic rings. The predicted octanol–water partition coefficient (Wildman–Crippen LogP) is 1.09. The van der Waals surface area contributed by atoms with E-state index in [9.17, 15) is 0 Å². The third-order valence-electron chi connectivity index (χ3n) is 1.59. The Hall–Kier alpha value is -0.920. The summed E-state index contributed by atoms with van der Waals surface area (Å²) < 4.78 is 5.21. The minimum Gasteiger partial charge on any atom is -0.375 e. The van der Waals surface area contributed by atoms with Crippen molar-refractivity contribution in [1.82, 2.24) is 4.98 Å². The molecule has 0 amide bonds. The number of nitriles is 1. The van der Waals surface area contributed by atoms with Crippen LogP contribution in [-0.4, -0.2) is 11.6 Å². The lowest BCUT2D eigenvalue weighted by molar-refractivity contribution is 0.112. The van der Waals surface area contributed by atoms with Gasteiger partial charge in [-0.2, -0.15) is 5.26 Å². The molecular weight excluding hydrogens is 160 g/mol. The highest BCUT2D eigenvalue weighted by Crippen LogP contribution is 2.22. The van der Waals surface area contributed by atoms with Crippen LogP contribution in [0.1, 0.15) is 15.6 Å². The first kappa shape index (κ1) is 6.77. The molecule has 0 atom stereocenters. The van der Waals surface area contributed by atoms with E-state index in [4.69, 9.17) is 10.00 Å². The van der Waals surface area contributed by atoms with E-state index in [1.807, 2.05) is 6.07 Å². The van der Waals surface area contributed by atoms with Crippen LogP contribution in [0.15, 0.2) is 0 Å². The van der Waals surface area contributed by atoms with Crippen molar-refractivity contribution in [3.8, 4) is 6.07 Å². The molecule has 0 radical (unpaired) electrons. The fourth-order valence-corrected chi connectivity index (χ4v) is 1.92. The summed E-state index contributed by atoms with van der Waals surface area (Å²) in [5.41, 5.74) is 1.05. The fourth-order valence-electron chi connectivity index (χ4n) is 1.07. The van der Waals surface area contributed by atoms with E-state index < -0.39 is 0 Å². The van der Waals surface area contributed by atoms with Gasteiger partial charge in [-0.3, -0.25) is 0 Å². The zero-order valence-electron chi connectivity index (χ0n) is 5.83. The van der Waals surface area contributed by atoms with Crippen molar-refractivity contribution < 1.29 is 4.74 Å². The van der Waals surface area contributed by atoms with Crippen LogP contribution in [0, 0.1) is 11.3 Å². The number of ether oxygens (including phenoxy) is 1. The highest BCUT2D eigenvalue weighted by molar-refractivity contribution is 7.12. The van der Waals surface area contributed by atoms with Crippen LogP contribution in [0.5, 0.6) is 0 Å². The molecule has 0 unspecified atom stereocenters. The smallest absolute Gasteiger partial charge is 0.194 e. The van der Waals surface area contributed by atoms with Gasteiger partial charge in [-0.15, -0.1) is 11.3 Å². The number of hydrogen-bond donors (Lipinski definition) is 0. The Balaban J connectivity index is 2.42. The molecule has 3 nitrogen and oxygen atoms in total. The maximum Gasteiger partial charge on any atom is 0.194 e. The molecule has 0 N–H and O–H groups in total. The van der Waals surface area contributed by atoms with E-state index in [1.165, 1.54) is 11.3 Å². The molecule has 11 heavy (non-hydrogen) atoms. The Morgan fingerprint density at radius 1 is 1.64 bits per heavy atom. The van der Waals surface area contributed by atoms with Crippen molar-refractivity contribution in [3.63, 3.8) is 0 Å². The molecule has 2 rings (SSSR count). The van der Waals surface area contributed by atoms with Gasteiger partial charge < -0.3 is 4.74 Å². The number of thiazole rings is 1. The van der Waals surface area contributed by atoms with Crippen molar-refractivity contribution in [2.24, 2.45) is 0 Å². The van der Waals surface area contributed by atoms with E-state index >= 15 is 0 Å². The molecule has 0 aliphatic carbocycles. The minimum absolute atomic E-state index is 0.556. The second kappa shape index (κ2) is 2.61. The van der Waals surface area contributed by atoms with Gasteiger partial charge in [0.25, 0.3) is 0 Å². The molecule has 4 heteroatoms. The summed E-state index contributed by atoms with van der Waals surface area (Å²) in [7, 11) is 0. The Labute approximate surface area is 68.3 Å². The average molecular weight is 166 g/mol. The summed E-state index contributed by atoms with van der Waals surface area (Å²) >= 11 is 1.44. The van der Waals surface area contributed by atoms with E-state index in [2.05, 4.69) is 4.98 Å². The molecule has 1 aromatic heterocycles. The molecule has 0 saturated carbocycles. The van der Waals surface area contributed by atoms with Crippen molar-refractivity contribution in [1.29, 1.82) is 5.26 Å². The summed E-state index contributed by atoms with van der Waals surface area (Å²) in [6, 6.07) is 2.04. The van der Waals surface area contributed by atoms with E-state index in [0.717, 1.165) is 23.6 Å². The van der Waals surface area contributed by atoms with Crippen molar-refractivity contribution in [3.05, 3.63) is 15.6 Å². The van der Waals surface area contributed by atoms with Crippen LogP contribution in [0.2, 0.25) is 0 Å². The van der Waals surface area contributed by atoms with Gasteiger partial charge in [0, 0.05) is 6.42 Å². The lowest BCUT2D eigenvalue weighted by atomic mass is 10.2. The van der Waals surface area contributed by atoms with Gasteiger partial charge in [-0.05, 0) is 0 Å². The second-order valence-electron chi connectivity index (χ2n) is 2.30. The lowest BCUT2D eigenvalue weighted by Gasteiger charge is -2.08. The number of aromatic nitrogens is 1. The van der Waals surface area contributed by atoms with Crippen LogP contribution >= 0.6 is 11.3 Å². The van der Waals surface area contributed by atoms with E-state index in [-0.39, 0.29) is 0 Å². The summed E-state index contributed by atoms with van der Waals surface area (Å²) in [5.74, 6) is 0. The predicted molar refractivity (Wildman–Crippen MR) is 40.2 cm³/mol. The molecule has 0 saturated heterocycles.